The van der Waals surface area contributed by atoms with Gasteiger partial charge in [-0.1, -0.05) is 24.8 Å². The highest BCUT2D eigenvalue weighted by Gasteiger charge is 2.29. The van der Waals surface area contributed by atoms with Crippen molar-refractivity contribution >= 4 is 34.4 Å². The van der Waals surface area contributed by atoms with Crippen molar-refractivity contribution in [3.63, 3.8) is 0 Å². The number of para-hydroxylation sites is 1. The summed E-state index contributed by atoms with van der Waals surface area (Å²) in [5, 5.41) is 4.34. The molecule has 8 heteroatoms. The van der Waals surface area contributed by atoms with Crippen molar-refractivity contribution < 1.29 is 14.3 Å². The van der Waals surface area contributed by atoms with Gasteiger partial charge in [0.2, 0.25) is 5.95 Å². The number of nitrogens with one attached hydrogen (secondary N) is 1. The van der Waals surface area contributed by atoms with Gasteiger partial charge in [-0.2, -0.15) is 0 Å². The second-order valence-corrected chi connectivity index (χ2v) is 7.86. The van der Waals surface area contributed by atoms with Crippen LogP contribution in [0.2, 0.25) is 0 Å². The number of ether oxygens (including phenoxy) is 1. The molecule has 2 aliphatic heterocycles. The molecule has 0 bridgehead atoms. The molecule has 0 unspecified atom stereocenters. The zero-order valence-electron chi connectivity index (χ0n) is 17.5. The third kappa shape index (κ3) is 3.75. The lowest BCUT2D eigenvalue weighted by Gasteiger charge is -2.29. The molecule has 1 atom stereocenters. The Kier molecular flexibility index (Phi) is 5.18. The highest BCUT2D eigenvalue weighted by Crippen LogP contribution is 2.33. The first-order chi connectivity index (χ1) is 15.6. The number of nitrogens with zero attached hydrogens (tertiary/aromatic N) is 4. The zero-order valence-corrected chi connectivity index (χ0v) is 17.5. The minimum Gasteiger partial charge on any atom is -0.490 e. The quantitative estimate of drug-likeness (QED) is 0.642. The molecular weight excluding hydrogens is 406 g/mol. The number of aromatic nitrogens is 2. The molecule has 0 saturated carbocycles. The molecule has 32 heavy (non-hydrogen) atoms. The molecule has 0 radical (unpaired) electrons. The standard InChI is InChI=1S/C24H23N5O3/c1-2-22(30)29-11-12-32-21-13-16(7-8-20(21)29)23(31)28-10-9-18(15-28)26-24-25-14-17-5-3-4-6-19(17)27-24/h2-8,13-14,18H,1,9-12,15H2,(H,25,26,27)/t18-/m1/s1. The molecule has 2 amide bonds. The fourth-order valence-corrected chi connectivity index (χ4v) is 4.16. The summed E-state index contributed by atoms with van der Waals surface area (Å²) in [6.07, 6.45) is 3.89. The van der Waals surface area contributed by atoms with E-state index in [1.54, 1.807) is 29.3 Å². The first-order valence-electron chi connectivity index (χ1n) is 10.6. The van der Waals surface area contributed by atoms with Gasteiger partial charge in [-0.25, -0.2) is 9.97 Å². The van der Waals surface area contributed by atoms with E-state index < -0.39 is 0 Å². The van der Waals surface area contributed by atoms with E-state index in [1.165, 1.54) is 6.08 Å². The summed E-state index contributed by atoms with van der Waals surface area (Å²) >= 11 is 0. The number of amides is 2. The van der Waals surface area contributed by atoms with Crippen LogP contribution in [0, 0.1) is 0 Å². The maximum atomic E-state index is 13.1. The molecule has 1 fully saturated rings. The van der Waals surface area contributed by atoms with Crippen molar-refractivity contribution in [2.75, 3.05) is 36.5 Å². The van der Waals surface area contributed by atoms with E-state index in [-0.39, 0.29) is 17.9 Å². The van der Waals surface area contributed by atoms with Gasteiger partial charge in [0.15, 0.2) is 0 Å². The predicted molar refractivity (Wildman–Crippen MR) is 122 cm³/mol. The van der Waals surface area contributed by atoms with Crippen molar-refractivity contribution in [3.05, 3.63) is 66.9 Å². The highest BCUT2D eigenvalue weighted by molar-refractivity contribution is 6.03. The number of anilines is 2. The van der Waals surface area contributed by atoms with E-state index in [1.807, 2.05) is 29.2 Å². The number of rotatable bonds is 4. The molecule has 1 N–H and O–H groups in total. The lowest BCUT2D eigenvalue weighted by Crippen LogP contribution is -2.37. The van der Waals surface area contributed by atoms with Crippen LogP contribution in [-0.2, 0) is 4.79 Å². The van der Waals surface area contributed by atoms with Gasteiger partial charge in [0, 0.05) is 36.3 Å². The van der Waals surface area contributed by atoms with Crippen LogP contribution >= 0.6 is 0 Å². The minimum atomic E-state index is -0.182. The summed E-state index contributed by atoms with van der Waals surface area (Å²) in [7, 11) is 0. The Morgan fingerprint density at radius 2 is 2.06 bits per heavy atom. The highest BCUT2D eigenvalue weighted by atomic mass is 16.5. The molecular formula is C24H23N5O3. The van der Waals surface area contributed by atoms with Gasteiger partial charge in [-0.15, -0.1) is 0 Å². The van der Waals surface area contributed by atoms with Crippen molar-refractivity contribution in [1.82, 2.24) is 14.9 Å². The zero-order chi connectivity index (χ0) is 22.1. The Bertz CT molecular complexity index is 1210. The summed E-state index contributed by atoms with van der Waals surface area (Å²) < 4.78 is 5.71. The Morgan fingerprint density at radius 3 is 2.94 bits per heavy atom. The van der Waals surface area contributed by atoms with Crippen LogP contribution in [0.15, 0.2) is 61.3 Å². The van der Waals surface area contributed by atoms with Gasteiger partial charge in [0.25, 0.3) is 11.8 Å². The van der Waals surface area contributed by atoms with Crippen molar-refractivity contribution in [3.8, 4) is 5.75 Å². The van der Waals surface area contributed by atoms with E-state index in [0.717, 1.165) is 17.3 Å². The number of fused-ring (bicyclic) bond motifs is 2. The third-order valence-electron chi connectivity index (χ3n) is 5.81. The van der Waals surface area contributed by atoms with Crippen LogP contribution in [0.4, 0.5) is 11.6 Å². The summed E-state index contributed by atoms with van der Waals surface area (Å²) in [6, 6.07) is 13.1. The van der Waals surface area contributed by atoms with Crippen LogP contribution in [0.1, 0.15) is 16.8 Å². The second kappa shape index (κ2) is 8.30. The van der Waals surface area contributed by atoms with E-state index in [0.29, 0.717) is 49.2 Å². The average Bonchev–Trinajstić information content (AvgIpc) is 3.30. The van der Waals surface area contributed by atoms with Crippen molar-refractivity contribution in [2.24, 2.45) is 0 Å². The largest absolute Gasteiger partial charge is 0.490 e. The monoisotopic (exact) mass is 429 g/mol. The maximum absolute atomic E-state index is 13.1. The molecule has 3 aromatic rings. The van der Waals surface area contributed by atoms with Gasteiger partial charge in [0.1, 0.15) is 12.4 Å². The topological polar surface area (TPSA) is 87.7 Å². The van der Waals surface area contributed by atoms with E-state index in [4.69, 9.17) is 4.74 Å². The Morgan fingerprint density at radius 1 is 1.19 bits per heavy atom. The number of carbonyl (C=O) groups is 2. The number of hydrogen-bond donors (Lipinski definition) is 1. The Labute approximate surface area is 185 Å². The molecule has 3 heterocycles. The molecule has 0 spiro atoms. The number of carbonyl (C=O) groups excluding carboxylic acids is 2. The summed E-state index contributed by atoms with van der Waals surface area (Å²) in [5.74, 6) is 0.859. The van der Waals surface area contributed by atoms with Crippen LogP contribution in [0.3, 0.4) is 0 Å². The van der Waals surface area contributed by atoms with Gasteiger partial charge >= 0.3 is 0 Å². The Balaban J connectivity index is 1.27. The van der Waals surface area contributed by atoms with Crippen LogP contribution in [-0.4, -0.2) is 59.0 Å². The van der Waals surface area contributed by atoms with Crippen LogP contribution in [0.5, 0.6) is 5.75 Å². The van der Waals surface area contributed by atoms with E-state index in [2.05, 4.69) is 21.9 Å². The lowest BCUT2D eigenvalue weighted by atomic mass is 10.1. The minimum absolute atomic E-state index is 0.0627. The lowest BCUT2D eigenvalue weighted by molar-refractivity contribution is -0.114. The van der Waals surface area contributed by atoms with Gasteiger partial charge in [-0.05, 0) is 36.8 Å². The fraction of sp³-hybridized carbons (Fsp3) is 0.250. The number of hydrogen-bond acceptors (Lipinski definition) is 6. The van der Waals surface area contributed by atoms with Crippen LogP contribution in [0.25, 0.3) is 10.9 Å². The first kappa shape index (κ1) is 20.0. The normalized spacial score (nSPS) is 17.6. The molecule has 2 aliphatic rings. The molecule has 1 saturated heterocycles. The molecule has 1 aromatic heterocycles. The molecule has 5 rings (SSSR count). The second-order valence-electron chi connectivity index (χ2n) is 7.86. The number of likely N-dealkylation sites (tertiary alicyclic amines) is 1. The Hall–Kier alpha value is -3.94. The summed E-state index contributed by atoms with van der Waals surface area (Å²) in [6.45, 7) is 5.60. The van der Waals surface area contributed by atoms with Gasteiger partial charge in [-0.3, -0.25) is 9.59 Å². The fourth-order valence-electron chi connectivity index (χ4n) is 4.16. The number of benzene rings is 2. The maximum Gasteiger partial charge on any atom is 0.254 e. The molecule has 8 nitrogen and oxygen atoms in total. The average molecular weight is 429 g/mol. The van der Waals surface area contributed by atoms with E-state index >= 15 is 0 Å². The molecule has 0 aliphatic carbocycles. The summed E-state index contributed by atoms with van der Waals surface area (Å²) in [4.78, 5) is 37.5. The molecule has 2 aromatic carbocycles. The van der Waals surface area contributed by atoms with Crippen LogP contribution < -0.4 is 15.0 Å². The third-order valence-corrected chi connectivity index (χ3v) is 5.81. The first-order valence-corrected chi connectivity index (χ1v) is 10.6. The molecule has 162 valence electrons. The van der Waals surface area contributed by atoms with Gasteiger partial charge in [0.05, 0.1) is 17.7 Å². The van der Waals surface area contributed by atoms with Crippen molar-refractivity contribution in [2.45, 2.75) is 12.5 Å². The smallest absolute Gasteiger partial charge is 0.254 e. The summed E-state index contributed by atoms with van der Waals surface area (Å²) in [5.41, 5.74) is 2.08. The van der Waals surface area contributed by atoms with Crippen molar-refractivity contribution in [1.29, 1.82) is 0 Å². The predicted octanol–water partition coefficient (Wildman–Crippen LogP) is 2.87. The van der Waals surface area contributed by atoms with E-state index in [9.17, 15) is 9.59 Å². The van der Waals surface area contributed by atoms with Gasteiger partial charge < -0.3 is 19.9 Å². The SMILES string of the molecule is C=CC(=O)N1CCOc2cc(C(=O)N3CC[C@@H](Nc4ncc5ccccc5n4)C3)ccc21.